The topological polar surface area (TPSA) is 58.1 Å². The lowest BCUT2D eigenvalue weighted by molar-refractivity contribution is 0.0821. The Hall–Kier alpha value is -1.65. The Morgan fingerprint density at radius 3 is 2.62 bits per heavy atom. The van der Waals surface area contributed by atoms with Crippen molar-refractivity contribution < 1.29 is 4.79 Å². The van der Waals surface area contributed by atoms with E-state index < -0.39 is 0 Å². The number of carbonyl (C=O) groups excluding carboxylic acids is 1. The molecule has 4 unspecified atom stereocenters. The number of fused-ring (bicyclic) bond motifs is 2. The molecular weight excluding hydrogens is 264 g/mol. The lowest BCUT2D eigenvalue weighted by Crippen LogP contribution is -2.30. The van der Waals surface area contributed by atoms with E-state index in [0.29, 0.717) is 11.7 Å². The Kier molecular flexibility index (Phi) is 3.83. The van der Waals surface area contributed by atoms with E-state index in [1.54, 1.807) is 20.2 Å². The zero-order chi connectivity index (χ0) is 15.0. The quantitative estimate of drug-likeness (QED) is 0.924. The van der Waals surface area contributed by atoms with Gasteiger partial charge in [-0.15, -0.1) is 10.2 Å². The van der Waals surface area contributed by atoms with Gasteiger partial charge in [0.05, 0.1) is 0 Å². The molecule has 2 saturated carbocycles. The molecule has 4 atom stereocenters. The van der Waals surface area contributed by atoms with E-state index in [-0.39, 0.29) is 5.91 Å². The first-order valence-electron chi connectivity index (χ1n) is 7.86. The molecule has 1 amide bonds. The van der Waals surface area contributed by atoms with Gasteiger partial charge in [-0.3, -0.25) is 4.79 Å². The molecule has 5 heteroatoms. The minimum absolute atomic E-state index is 0.116. The molecular formula is C16H24N4O. The van der Waals surface area contributed by atoms with E-state index in [9.17, 15) is 4.79 Å². The van der Waals surface area contributed by atoms with Crippen LogP contribution in [0.25, 0.3) is 0 Å². The predicted octanol–water partition coefficient (Wildman–Crippen LogP) is 2.42. The van der Waals surface area contributed by atoms with Gasteiger partial charge in [0, 0.05) is 20.1 Å². The third-order valence-electron chi connectivity index (χ3n) is 5.10. The predicted molar refractivity (Wildman–Crippen MR) is 82.1 cm³/mol. The molecule has 21 heavy (non-hydrogen) atoms. The maximum atomic E-state index is 11.8. The van der Waals surface area contributed by atoms with Crippen LogP contribution in [0, 0.1) is 17.8 Å². The number of nitrogens with one attached hydrogen (secondary N) is 1. The summed E-state index contributed by atoms with van der Waals surface area (Å²) in [5, 5.41) is 11.6. The van der Waals surface area contributed by atoms with Crippen molar-refractivity contribution in [2.75, 3.05) is 19.4 Å². The van der Waals surface area contributed by atoms with Crippen LogP contribution in [0.4, 0.5) is 5.82 Å². The molecule has 0 radical (unpaired) electrons. The number of nitrogens with zero attached hydrogens (tertiary/aromatic N) is 3. The largest absolute Gasteiger partial charge is 0.366 e. The van der Waals surface area contributed by atoms with Crippen molar-refractivity contribution in [3.63, 3.8) is 0 Å². The Morgan fingerprint density at radius 1 is 1.29 bits per heavy atom. The van der Waals surface area contributed by atoms with Crippen molar-refractivity contribution in [2.24, 2.45) is 17.8 Å². The van der Waals surface area contributed by atoms with Crippen LogP contribution in [0.5, 0.6) is 0 Å². The Balaban J connectivity index is 1.61. The highest BCUT2D eigenvalue weighted by atomic mass is 16.2. The normalized spacial score (nSPS) is 28.4. The summed E-state index contributed by atoms with van der Waals surface area (Å²) in [6, 6.07) is 4.02. The van der Waals surface area contributed by atoms with Crippen LogP contribution in [-0.4, -0.2) is 41.1 Å². The summed E-state index contributed by atoms with van der Waals surface area (Å²) >= 11 is 0. The average Bonchev–Trinajstić information content (AvgIpc) is 3.10. The maximum absolute atomic E-state index is 11.8. The molecule has 0 saturated heterocycles. The molecule has 1 aromatic rings. The van der Waals surface area contributed by atoms with Crippen LogP contribution < -0.4 is 5.32 Å². The van der Waals surface area contributed by atoms with Gasteiger partial charge in [-0.1, -0.05) is 6.42 Å². The molecule has 1 heterocycles. The number of amides is 1. The van der Waals surface area contributed by atoms with E-state index in [1.165, 1.54) is 30.6 Å². The number of rotatable bonds is 4. The molecule has 0 aromatic carbocycles. The molecule has 0 aliphatic heterocycles. The van der Waals surface area contributed by atoms with Gasteiger partial charge < -0.3 is 10.2 Å². The molecule has 114 valence electrons. The number of aromatic nitrogens is 2. The molecule has 1 aromatic heterocycles. The molecule has 2 aliphatic carbocycles. The monoisotopic (exact) mass is 288 g/mol. The highest BCUT2D eigenvalue weighted by molar-refractivity contribution is 5.91. The second kappa shape index (κ2) is 5.62. The number of anilines is 1. The van der Waals surface area contributed by atoms with Gasteiger partial charge in [0.2, 0.25) is 0 Å². The van der Waals surface area contributed by atoms with Crippen LogP contribution in [0.15, 0.2) is 12.1 Å². The number of carbonyl (C=O) groups is 1. The fourth-order valence-corrected chi connectivity index (χ4v) is 4.00. The van der Waals surface area contributed by atoms with Crippen LogP contribution in [0.3, 0.4) is 0 Å². The van der Waals surface area contributed by atoms with Crippen molar-refractivity contribution >= 4 is 11.7 Å². The molecule has 2 fully saturated rings. The molecule has 2 aliphatic rings. The summed E-state index contributed by atoms with van der Waals surface area (Å²) in [4.78, 5) is 13.3. The van der Waals surface area contributed by atoms with Crippen LogP contribution in [-0.2, 0) is 0 Å². The molecule has 3 rings (SSSR count). The summed E-state index contributed by atoms with van der Waals surface area (Å²) < 4.78 is 0. The molecule has 0 spiro atoms. The average molecular weight is 288 g/mol. The summed E-state index contributed by atoms with van der Waals surface area (Å²) in [7, 11) is 3.43. The zero-order valence-corrected chi connectivity index (χ0v) is 13.0. The van der Waals surface area contributed by atoms with Crippen LogP contribution in [0.2, 0.25) is 0 Å². The van der Waals surface area contributed by atoms with E-state index in [4.69, 9.17) is 0 Å². The van der Waals surface area contributed by atoms with E-state index >= 15 is 0 Å². The summed E-state index contributed by atoms with van der Waals surface area (Å²) in [5.74, 6) is 3.25. The van der Waals surface area contributed by atoms with Gasteiger partial charge in [-0.25, -0.2) is 0 Å². The van der Waals surface area contributed by atoms with Crippen molar-refractivity contribution in [3.8, 4) is 0 Å². The second-order valence-corrected chi connectivity index (χ2v) is 6.78. The standard InChI is InChI=1S/C16H24N4O/c1-10(13-9-11-4-5-12(13)8-11)17-15-7-6-14(18-19-15)16(21)20(2)3/h6-7,10-13H,4-5,8-9H2,1-3H3,(H,17,19). The van der Waals surface area contributed by atoms with Gasteiger partial charge in [0.15, 0.2) is 5.69 Å². The van der Waals surface area contributed by atoms with E-state index in [2.05, 4.69) is 22.4 Å². The fraction of sp³-hybridized carbons (Fsp3) is 0.688. The zero-order valence-electron chi connectivity index (χ0n) is 13.0. The highest BCUT2D eigenvalue weighted by Gasteiger charge is 2.41. The smallest absolute Gasteiger partial charge is 0.273 e. The Bertz CT molecular complexity index is 514. The molecule has 1 N–H and O–H groups in total. The first-order chi connectivity index (χ1) is 10.0. The minimum atomic E-state index is -0.116. The summed E-state index contributed by atoms with van der Waals surface area (Å²) in [6.07, 6.45) is 5.58. The minimum Gasteiger partial charge on any atom is -0.366 e. The second-order valence-electron chi connectivity index (χ2n) is 6.78. The highest BCUT2D eigenvalue weighted by Crippen LogP contribution is 2.49. The third kappa shape index (κ3) is 2.87. The lowest BCUT2D eigenvalue weighted by Gasteiger charge is -2.28. The third-order valence-corrected chi connectivity index (χ3v) is 5.10. The van der Waals surface area contributed by atoms with Crippen molar-refractivity contribution in [2.45, 2.75) is 38.6 Å². The van der Waals surface area contributed by atoms with Gasteiger partial charge in [-0.05, 0) is 56.1 Å². The van der Waals surface area contributed by atoms with E-state index in [0.717, 1.165) is 23.6 Å². The summed E-state index contributed by atoms with van der Waals surface area (Å²) in [6.45, 7) is 2.24. The van der Waals surface area contributed by atoms with Crippen molar-refractivity contribution in [1.29, 1.82) is 0 Å². The fourth-order valence-electron chi connectivity index (χ4n) is 4.00. The summed E-state index contributed by atoms with van der Waals surface area (Å²) in [5.41, 5.74) is 0.387. The maximum Gasteiger partial charge on any atom is 0.273 e. The van der Waals surface area contributed by atoms with Gasteiger partial charge in [0.1, 0.15) is 5.82 Å². The lowest BCUT2D eigenvalue weighted by atomic mass is 9.84. The first kappa shape index (κ1) is 14.3. The van der Waals surface area contributed by atoms with Crippen LogP contribution in [0.1, 0.15) is 43.1 Å². The van der Waals surface area contributed by atoms with Gasteiger partial charge in [0.25, 0.3) is 5.91 Å². The van der Waals surface area contributed by atoms with Gasteiger partial charge >= 0.3 is 0 Å². The van der Waals surface area contributed by atoms with E-state index in [1.807, 2.05) is 6.07 Å². The van der Waals surface area contributed by atoms with Crippen LogP contribution >= 0.6 is 0 Å². The SMILES string of the molecule is CC(Nc1ccc(C(=O)N(C)C)nn1)C1CC2CCC1C2. The van der Waals surface area contributed by atoms with Crippen molar-refractivity contribution in [3.05, 3.63) is 17.8 Å². The van der Waals surface area contributed by atoms with Crippen molar-refractivity contribution in [1.82, 2.24) is 15.1 Å². The molecule has 2 bridgehead atoms. The molecule has 5 nitrogen and oxygen atoms in total. The first-order valence-corrected chi connectivity index (χ1v) is 7.86. The number of hydrogen-bond donors (Lipinski definition) is 1. The Morgan fingerprint density at radius 2 is 2.10 bits per heavy atom. The van der Waals surface area contributed by atoms with Gasteiger partial charge in [-0.2, -0.15) is 0 Å². The number of hydrogen-bond acceptors (Lipinski definition) is 4. The Labute approximate surface area is 126 Å².